The summed E-state index contributed by atoms with van der Waals surface area (Å²) >= 11 is 0. The predicted molar refractivity (Wildman–Crippen MR) is 66.4 cm³/mol. The number of benzene rings is 1. The number of aromatic nitrogens is 3. The van der Waals surface area contributed by atoms with Crippen molar-refractivity contribution in [2.45, 2.75) is 6.92 Å². The molecule has 0 saturated heterocycles. The van der Waals surface area contributed by atoms with Gasteiger partial charge >= 0.3 is 5.97 Å². The summed E-state index contributed by atoms with van der Waals surface area (Å²) in [5.74, 6) is -0.412. The van der Waals surface area contributed by atoms with E-state index in [1.807, 2.05) is 24.3 Å². The number of hydrogen-bond acceptors (Lipinski definition) is 4. The Morgan fingerprint density at radius 2 is 2.22 bits per heavy atom. The van der Waals surface area contributed by atoms with Gasteiger partial charge in [0.25, 0.3) is 0 Å². The van der Waals surface area contributed by atoms with Gasteiger partial charge in [-0.3, -0.25) is 0 Å². The lowest BCUT2D eigenvalue weighted by atomic mass is 10.2. The Hall–Kier alpha value is -2.43. The number of hydrogen-bond donors (Lipinski definition) is 0. The van der Waals surface area contributed by atoms with Crippen LogP contribution in [0.5, 0.6) is 0 Å². The number of ether oxygens (including phenoxy) is 1. The highest BCUT2D eigenvalue weighted by Gasteiger charge is 2.11. The van der Waals surface area contributed by atoms with Crippen molar-refractivity contribution in [3.05, 3.63) is 42.4 Å². The van der Waals surface area contributed by atoms with E-state index in [2.05, 4.69) is 10.1 Å². The topological polar surface area (TPSA) is 56.5 Å². The zero-order chi connectivity index (χ0) is 12.5. The number of carbonyl (C=O) groups is 1. The van der Waals surface area contributed by atoms with E-state index >= 15 is 0 Å². The molecular weight excluding hydrogens is 230 g/mol. The highest BCUT2D eigenvalue weighted by atomic mass is 16.5. The van der Waals surface area contributed by atoms with E-state index in [4.69, 9.17) is 4.74 Å². The molecule has 0 amide bonds. The molecule has 0 radical (unpaired) electrons. The lowest BCUT2D eigenvalue weighted by Gasteiger charge is -2.00. The summed E-state index contributed by atoms with van der Waals surface area (Å²) in [6.45, 7) is 2.11. The fraction of sp³-hybridized carbons (Fsp3) is 0.154. The molecular formula is C13H11N3O2. The molecule has 0 fully saturated rings. The minimum atomic E-state index is -0.412. The van der Waals surface area contributed by atoms with Gasteiger partial charge in [0.05, 0.1) is 17.6 Å². The summed E-state index contributed by atoms with van der Waals surface area (Å²) in [5.41, 5.74) is 2.03. The third kappa shape index (κ3) is 1.60. The first-order chi connectivity index (χ1) is 8.79. The van der Waals surface area contributed by atoms with Crippen molar-refractivity contribution in [3.63, 3.8) is 0 Å². The van der Waals surface area contributed by atoms with E-state index in [1.165, 1.54) is 6.33 Å². The molecule has 2 aromatic heterocycles. The second-order valence-corrected chi connectivity index (χ2v) is 3.84. The van der Waals surface area contributed by atoms with Gasteiger partial charge in [-0.25, -0.2) is 14.3 Å². The van der Waals surface area contributed by atoms with Crippen LogP contribution >= 0.6 is 0 Å². The third-order valence-electron chi connectivity index (χ3n) is 2.71. The van der Waals surface area contributed by atoms with Gasteiger partial charge in [0.2, 0.25) is 0 Å². The molecule has 0 unspecified atom stereocenters. The average molecular weight is 241 g/mol. The summed E-state index contributed by atoms with van der Waals surface area (Å²) in [4.78, 5) is 15.7. The largest absolute Gasteiger partial charge is 0.461 e. The van der Waals surface area contributed by atoms with Crippen molar-refractivity contribution in [1.82, 2.24) is 14.6 Å². The highest BCUT2D eigenvalue weighted by molar-refractivity contribution is 5.97. The fourth-order valence-electron chi connectivity index (χ4n) is 1.90. The molecule has 3 rings (SSSR count). The van der Waals surface area contributed by atoms with Crippen LogP contribution in [-0.4, -0.2) is 27.2 Å². The van der Waals surface area contributed by atoms with Crippen LogP contribution in [0.1, 0.15) is 17.4 Å². The van der Waals surface area contributed by atoms with Gasteiger partial charge in [-0.1, -0.05) is 18.2 Å². The molecule has 3 aromatic rings. The molecule has 90 valence electrons. The third-order valence-corrected chi connectivity index (χ3v) is 2.71. The summed E-state index contributed by atoms with van der Waals surface area (Å²) in [6.07, 6.45) is 1.53. The maximum atomic E-state index is 11.6. The lowest BCUT2D eigenvalue weighted by Crippen LogP contribution is -2.07. The molecule has 5 nitrogen and oxygen atoms in total. The van der Waals surface area contributed by atoms with Crippen LogP contribution in [0.15, 0.2) is 36.7 Å². The highest BCUT2D eigenvalue weighted by Crippen LogP contribution is 2.19. The second kappa shape index (κ2) is 4.10. The molecule has 0 saturated carbocycles. The second-order valence-electron chi connectivity index (χ2n) is 3.84. The van der Waals surface area contributed by atoms with E-state index in [9.17, 15) is 4.79 Å². The Morgan fingerprint density at radius 1 is 1.39 bits per heavy atom. The number of rotatable bonds is 2. The zero-order valence-electron chi connectivity index (χ0n) is 9.83. The number of carbonyl (C=O) groups excluding carboxylic acids is 1. The van der Waals surface area contributed by atoms with Gasteiger partial charge in [-0.15, -0.1) is 0 Å². The van der Waals surface area contributed by atoms with Gasteiger partial charge in [0.1, 0.15) is 6.33 Å². The summed E-state index contributed by atoms with van der Waals surface area (Å²) in [5, 5.41) is 5.35. The molecule has 0 spiro atoms. The number of nitrogens with zero attached hydrogens (tertiary/aromatic N) is 3. The van der Waals surface area contributed by atoms with Crippen molar-refractivity contribution >= 4 is 22.4 Å². The van der Waals surface area contributed by atoms with E-state index in [0.29, 0.717) is 12.3 Å². The first kappa shape index (κ1) is 10.7. The standard InChI is InChI=1S/C13H11N3O2/c1-2-18-13(17)11-7-12-9-5-3-4-6-10(9)15-16(12)8-14-11/h3-8H,2H2,1H3. The minimum absolute atomic E-state index is 0.301. The van der Waals surface area contributed by atoms with Crippen LogP contribution in [0.4, 0.5) is 0 Å². The van der Waals surface area contributed by atoms with Crippen molar-refractivity contribution in [1.29, 1.82) is 0 Å². The van der Waals surface area contributed by atoms with Crippen LogP contribution in [0.25, 0.3) is 16.4 Å². The number of esters is 1. The zero-order valence-corrected chi connectivity index (χ0v) is 9.83. The molecule has 0 N–H and O–H groups in total. The quantitative estimate of drug-likeness (QED) is 0.644. The van der Waals surface area contributed by atoms with Crippen molar-refractivity contribution in [3.8, 4) is 0 Å². The molecule has 2 heterocycles. The van der Waals surface area contributed by atoms with Gasteiger partial charge < -0.3 is 4.74 Å². The van der Waals surface area contributed by atoms with Crippen LogP contribution < -0.4 is 0 Å². The predicted octanol–water partition coefficient (Wildman–Crippen LogP) is 2.06. The van der Waals surface area contributed by atoms with Gasteiger partial charge in [0.15, 0.2) is 5.69 Å². The Kier molecular flexibility index (Phi) is 2.44. The summed E-state index contributed by atoms with van der Waals surface area (Å²) in [7, 11) is 0. The first-order valence-electron chi connectivity index (χ1n) is 5.70. The van der Waals surface area contributed by atoms with E-state index in [0.717, 1.165) is 16.4 Å². The maximum absolute atomic E-state index is 11.6. The fourth-order valence-corrected chi connectivity index (χ4v) is 1.90. The van der Waals surface area contributed by atoms with Crippen LogP contribution in [0.3, 0.4) is 0 Å². The molecule has 0 aliphatic heterocycles. The smallest absolute Gasteiger partial charge is 0.357 e. The SMILES string of the molecule is CCOC(=O)c1cc2c3ccccc3nn2cn1. The van der Waals surface area contributed by atoms with E-state index < -0.39 is 5.97 Å². The van der Waals surface area contributed by atoms with E-state index in [-0.39, 0.29) is 0 Å². The monoisotopic (exact) mass is 241 g/mol. The van der Waals surface area contributed by atoms with Crippen LogP contribution in [0.2, 0.25) is 0 Å². The molecule has 1 aromatic carbocycles. The number of fused-ring (bicyclic) bond motifs is 3. The summed E-state index contributed by atoms with van der Waals surface area (Å²) < 4.78 is 6.59. The Labute approximate surface area is 103 Å². The lowest BCUT2D eigenvalue weighted by molar-refractivity contribution is 0.0519. The van der Waals surface area contributed by atoms with E-state index in [1.54, 1.807) is 17.5 Å². The normalized spacial score (nSPS) is 10.9. The van der Waals surface area contributed by atoms with Crippen molar-refractivity contribution in [2.24, 2.45) is 0 Å². The van der Waals surface area contributed by atoms with Gasteiger partial charge in [-0.05, 0) is 19.1 Å². The Bertz CT molecular complexity index is 733. The molecule has 18 heavy (non-hydrogen) atoms. The first-order valence-corrected chi connectivity index (χ1v) is 5.70. The minimum Gasteiger partial charge on any atom is -0.461 e. The van der Waals surface area contributed by atoms with Gasteiger partial charge in [0, 0.05) is 5.39 Å². The van der Waals surface area contributed by atoms with Crippen molar-refractivity contribution < 1.29 is 9.53 Å². The molecule has 0 aliphatic rings. The maximum Gasteiger partial charge on any atom is 0.357 e. The molecule has 5 heteroatoms. The summed E-state index contributed by atoms with van der Waals surface area (Å²) in [6, 6.07) is 9.45. The Balaban J connectivity index is 2.21. The molecule has 0 bridgehead atoms. The molecule has 0 aliphatic carbocycles. The van der Waals surface area contributed by atoms with Crippen LogP contribution in [-0.2, 0) is 4.74 Å². The van der Waals surface area contributed by atoms with Crippen molar-refractivity contribution in [2.75, 3.05) is 6.61 Å². The van der Waals surface area contributed by atoms with Crippen LogP contribution in [0, 0.1) is 0 Å². The Morgan fingerprint density at radius 3 is 3.06 bits per heavy atom. The van der Waals surface area contributed by atoms with Gasteiger partial charge in [-0.2, -0.15) is 5.10 Å². The molecule has 0 atom stereocenters. The average Bonchev–Trinajstić information content (AvgIpc) is 2.76.